The van der Waals surface area contributed by atoms with Crippen molar-refractivity contribution in [1.82, 2.24) is 9.88 Å². The zero-order chi connectivity index (χ0) is 17.9. The van der Waals surface area contributed by atoms with E-state index in [4.69, 9.17) is 5.73 Å². The molecule has 1 aromatic rings. The van der Waals surface area contributed by atoms with Crippen LogP contribution in [0.4, 0.5) is 5.13 Å². The summed E-state index contributed by atoms with van der Waals surface area (Å²) < 4.78 is 0. The fourth-order valence-electron chi connectivity index (χ4n) is 2.80. The van der Waals surface area contributed by atoms with Crippen LogP contribution in [0.25, 0.3) is 0 Å². The Hall–Kier alpha value is -1.47. The van der Waals surface area contributed by atoms with Gasteiger partial charge in [-0.15, -0.1) is 11.3 Å². The maximum absolute atomic E-state index is 12.6. The number of hydrogen-bond acceptors (Lipinski definition) is 5. The molecule has 2 atom stereocenters. The van der Waals surface area contributed by atoms with Crippen LogP contribution in [-0.2, 0) is 16.0 Å². The third kappa shape index (κ3) is 4.77. The molecule has 2 unspecified atom stereocenters. The van der Waals surface area contributed by atoms with Crippen molar-refractivity contribution in [2.75, 3.05) is 11.9 Å². The van der Waals surface area contributed by atoms with Gasteiger partial charge in [-0.3, -0.25) is 9.59 Å². The monoisotopic (exact) mass is 352 g/mol. The van der Waals surface area contributed by atoms with Crippen LogP contribution in [0, 0.1) is 5.41 Å². The molecular formula is C17H28N4O2S. The van der Waals surface area contributed by atoms with Gasteiger partial charge in [-0.1, -0.05) is 20.8 Å². The van der Waals surface area contributed by atoms with E-state index in [0.29, 0.717) is 10.8 Å². The van der Waals surface area contributed by atoms with Crippen molar-refractivity contribution in [1.29, 1.82) is 0 Å². The molecule has 2 rings (SSSR count). The molecule has 1 saturated heterocycles. The third-order valence-corrected chi connectivity index (χ3v) is 5.07. The lowest BCUT2D eigenvalue weighted by atomic mass is 9.96. The van der Waals surface area contributed by atoms with E-state index in [0.717, 1.165) is 25.8 Å². The molecule has 1 aliphatic rings. The van der Waals surface area contributed by atoms with Crippen LogP contribution in [0.2, 0.25) is 0 Å². The maximum atomic E-state index is 12.6. The molecule has 1 fully saturated rings. The Bertz CT molecular complexity index is 592. The van der Waals surface area contributed by atoms with Crippen LogP contribution in [-0.4, -0.2) is 40.3 Å². The predicted octanol–water partition coefficient (Wildman–Crippen LogP) is 2.40. The van der Waals surface area contributed by atoms with Crippen LogP contribution in [0.5, 0.6) is 0 Å². The van der Waals surface area contributed by atoms with Crippen molar-refractivity contribution in [3.63, 3.8) is 0 Å². The molecule has 3 N–H and O–H groups in total. The molecule has 24 heavy (non-hydrogen) atoms. The fourth-order valence-corrected chi connectivity index (χ4v) is 3.51. The summed E-state index contributed by atoms with van der Waals surface area (Å²) in [6.07, 6.45) is 3.37. The Balaban J connectivity index is 1.98. The largest absolute Gasteiger partial charge is 0.338 e. The summed E-state index contributed by atoms with van der Waals surface area (Å²) >= 11 is 1.35. The number of nitrogens with two attached hydrogens (primary N) is 1. The first kappa shape index (κ1) is 18.9. The Morgan fingerprint density at radius 1 is 1.46 bits per heavy atom. The van der Waals surface area contributed by atoms with Crippen LogP contribution in [0.3, 0.4) is 0 Å². The number of nitrogens with one attached hydrogen (secondary N) is 1. The normalized spacial score (nSPS) is 19.9. The zero-order valence-corrected chi connectivity index (χ0v) is 15.8. The lowest BCUT2D eigenvalue weighted by Crippen LogP contribution is -2.52. The van der Waals surface area contributed by atoms with Crippen LogP contribution >= 0.6 is 11.3 Å². The molecule has 134 valence electrons. The second-order valence-corrected chi connectivity index (χ2v) is 8.39. The lowest BCUT2D eigenvalue weighted by molar-refractivity contribution is -0.134. The molecule has 0 saturated carbocycles. The van der Waals surface area contributed by atoms with Crippen molar-refractivity contribution < 1.29 is 9.59 Å². The van der Waals surface area contributed by atoms with Crippen molar-refractivity contribution in [3.8, 4) is 0 Å². The molecule has 0 bridgehead atoms. The topological polar surface area (TPSA) is 88.3 Å². The van der Waals surface area contributed by atoms with Gasteiger partial charge >= 0.3 is 0 Å². The summed E-state index contributed by atoms with van der Waals surface area (Å²) in [7, 11) is 0. The highest BCUT2D eigenvalue weighted by Crippen LogP contribution is 2.23. The van der Waals surface area contributed by atoms with Gasteiger partial charge in [0.25, 0.3) is 0 Å². The van der Waals surface area contributed by atoms with Gasteiger partial charge in [-0.25, -0.2) is 4.98 Å². The van der Waals surface area contributed by atoms with Gasteiger partial charge in [0.05, 0.1) is 12.1 Å². The standard InChI is InChI=1S/C17H28N4O2S/c1-11(18)13-7-5-6-8-21(13)14(22)9-12-10-24-16(19-12)20-15(23)17(2,3)4/h10-11,13H,5-9,18H2,1-4H3,(H,19,20,23). The summed E-state index contributed by atoms with van der Waals surface area (Å²) in [6, 6.07) is 0.0938. The van der Waals surface area contributed by atoms with Gasteiger partial charge in [-0.05, 0) is 26.2 Å². The van der Waals surface area contributed by atoms with Gasteiger partial charge in [0.2, 0.25) is 11.8 Å². The van der Waals surface area contributed by atoms with Crippen LogP contribution in [0.1, 0.15) is 52.7 Å². The summed E-state index contributed by atoms with van der Waals surface area (Å²) in [5.74, 6) is -0.0150. The molecule has 0 aromatic carbocycles. The number of amides is 2. The van der Waals surface area contributed by atoms with Gasteiger partial charge in [0.15, 0.2) is 5.13 Å². The van der Waals surface area contributed by atoms with Crippen molar-refractivity contribution in [3.05, 3.63) is 11.1 Å². The quantitative estimate of drug-likeness (QED) is 0.871. The highest BCUT2D eigenvalue weighted by Gasteiger charge is 2.29. The minimum absolute atomic E-state index is 0.0219. The van der Waals surface area contributed by atoms with Gasteiger partial charge in [0.1, 0.15) is 0 Å². The van der Waals surface area contributed by atoms with E-state index < -0.39 is 5.41 Å². The number of likely N-dealkylation sites (tertiary alicyclic amines) is 1. The molecule has 0 radical (unpaired) electrons. The van der Waals surface area contributed by atoms with E-state index in [1.807, 2.05) is 38.0 Å². The highest BCUT2D eigenvalue weighted by atomic mass is 32.1. The molecule has 7 heteroatoms. The summed E-state index contributed by atoms with van der Waals surface area (Å²) in [4.78, 5) is 30.9. The third-order valence-electron chi connectivity index (χ3n) is 4.26. The number of carbonyl (C=O) groups is 2. The maximum Gasteiger partial charge on any atom is 0.231 e. The van der Waals surface area contributed by atoms with Gasteiger partial charge in [0, 0.05) is 29.4 Å². The van der Waals surface area contributed by atoms with Crippen LogP contribution < -0.4 is 11.1 Å². The lowest BCUT2D eigenvalue weighted by Gasteiger charge is -2.38. The van der Waals surface area contributed by atoms with Gasteiger partial charge < -0.3 is 16.0 Å². The van der Waals surface area contributed by atoms with E-state index in [-0.39, 0.29) is 30.3 Å². The molecule has 1 aromatic heterocycles. The SMILES string of the molecule is CC(N)C1CCCCN1C(=O)Cc1csc(NC(=O)C(C)(C)C)n1. The first-order chi connectivity index (χ1) is 11.2. The Labute approximate surface area is 147 Å². The first-order valence-corrected chi connectivity index (χ1v) is 9.37. The second kappa shape index (κ2) is 7.61. The predicted molar refractivity (Wildman–Crippen MR) is 96.9 cm³/mol. The Kier molecular flexibility index (Phi) is 5.98. The first-order valence-electron chi connectivity index (χ1n) is 8.49. The van der Waals surface area contributed by atoms with Crippen molar-refractivity contribution in [2.24, 2.45) is 11.1 Å². The highest BCUT2D eigenvalue weighted by molar-refractivity contribution is 7.13. The molecule has 6 nitrogen and oxygen atoms in total. The second-order valence-electron chi connectivity index (χ2n) is 7.53. The summed E-state index contributed by atoms with van der Waals surface area (Å²) in [6.45, 7) is 8.28. The molecule has 2 amide bonds. The van der Waals surface area contributed by atoms with E-state index in [1.54, 1.807) is 0 Å². The van der Waals surface area contributed by atoms with E-state index in [1.165, 1.54) is 11.3 Å². The zero-order valence-electron chi connectivity index (χ0n) is 15.0. The van der Waals surface area contributed by atoms with Crippen molar-refractivity contribution in [2.45, 2.75) is 65.5 Å². The molecule has 0 aliphatic carbocycles. The Morgan fingerprint density at radius 2 is 2.17 bits per heavy atom. The number of anilines is 1. The molecular weight excluding hydrogens is 324 g/mol. The average molecular weight is 353 g/mol. The minimum atomic E-state index is -0.472. The fraction of sp³-hybridized carbons (Fsp3) is 0.706. The summed E-state index contributed by atoms with van der Waals surface area (Å²) in [5, 5.41) is 5.18. The minimum Gasteiger partial charge on any atom is -0.338 e. The van der Waals surface area contributed by atoms with E-state index in [9.17, 15) is 9.59 Å². The number of hydrogen-bond donors (Lipinski definition) is 2. The van der Waals surface area contributed by atoms with Crippen molar-refractivity contribution >= 4 is 28.3 Å². The van der Waals surface area contributed by atoms with E-state index >= 15 is 0 Å². The Morgan fingerprint density at radius 3 is 2.79 bits per heavy atom. The number of rotatable bonds is 4. The number of nitrogens with zero attached hydrogens (tertiary/aromatic N) is 2. The van der Waals surface area contributed by atoms with Gasteiger partial charge in [-0.2, -0.15) is 0 Å². The number of carbonyl (C=O) groups excluding carboxylic acids is 2. The molecule has 2 heterocycles. The molecule has 0 spiro atoms. The number of thiazole rings is 1. The average Bonchev–Trinajstić information content (AvgIpc) is 2.93. The smallest absolute Gasteiger partial charge is 0.231 e. The summed E-state index contributed by atoms with van der Waals surface area (Å²) in [5.41, 5.74) is 6.26. The van der Waals surface area contributed by atoms with E-state index in [2.05, 4.69) is 10.3 Å². The van der Waals surface area contributed by atoms with Crippen LogP contribution in [0.15, 0.2) is 5.38 Å². The number of aromatic nitrogens is 1. The molecule has 1 aliphatic heterocycles. The number of piperidine rings is 1.